The summed E-state index contributed by atoms with van der Waals surface area (Å²) < 4.78 is 26.2. The summed E-state index contributed by atoms with van der Waals surface area (Å²) in [6.07, 6.45) is 0. The molecule has 0 aliphatic rings. The Morgan fingerprint density at radius 1 is 0.667 bits per heavy atom. The van der Waals surface area contributed by atoms with Crippen LogP contribution in [-0.4, -0.2) is 4.21 Å². The molecule has 27 heavy (non-hydrogen) atoms. The van der Waals surface area contributed by atoms with E-state index in [0.717, 1.165) is 16.5 Å². The number of nitrogens with one attached hydrogen (secondary N) is 1. The van der Waals surface area contributed by atoms with Crippen LogP contribution in [0.3, 0.4) is 0 Å². The lowest BCUT2D eigenvalue weighted by Crippen LogP contribution is -2.10. The fourth-order valence-electron chi connectivity index (χ4n) is 2.68. The van der Waals surface area contributed by atoms with Crippen LogP contribution in [0.4, 0.5) is 5.69 Å². The van der Waals surface area contributed by atoms with Crippen LogP contribution < -0.4 is 13.6 Å². The largest absolute Gasteiger partial charge is 0.457 e. The van der Waals surface area contributed by atoms with Gasteiger partial charge in [-0.1, -0.05) is 54.6 Å². The molecule has 0 saturated heterocycles. The molecule has 1 unspecified atom stereocenters. The SMILES string of the molecule is O=S(Nc1ccc(Oc2cccc3ccccc23)cc1)Oc1ccccc1. The van der Waals surface area contributed by atoms with Gasteiger partial charge in [-0.3, -0.25) is 4.72 Å². The molecule has 0 aliphatic heterocycles. The lowest BCUT2D eigenvalue weighted by Gasteiger charge is -2.10. The summed E-state index contributed by atoms with van der Waals surface area (Å²) in [5.41, 5.74) is 0.675. The van der Waals surface area contributed by atoms with E-state index in [2.05, 4.69) is 16.9 Å². The van der Waals surface area contributed by atoms with Crippen molar-refractivity contribution in [2.45, 2.75) is 0 Å². The Bertz CT molecular complexity index is 1060. The zero-order chi connectivity index (χ0) is 18.5. The molecule has 4 rings (SSSR count). The minimum atomic E-state index is -1.68. The van der Waals surface area contributed by atoms with Crippen LogP contribution >= 0.6 is 0 Å². The van der Waals surface area contributed by atoms with Gasteiger partial charge in [0.15, 0.2) is 0 Å². The van der Waals surface area contributed by atoms with Gasteiger partial charge < -0.3 is 8.92 Å². The molecule has 1 atom stereocenters. The average molecular weight is 375 g/mol. The maximum atomic E-state index is 12.1. The Morgan fingerprint density at radius 2 is 1.37 bits per heavy atom. The first kappa shape index (κ1) is 17.1. The van der Waals surface area contributed by atoms with Crippen molar-refractivity contribution in [1.29, 1.82) is 0 Å². The summed E-state index contributed by atoms with van der Waals surface area (Å²) >= 11 is -1.68. The molecule has 0 radical (unpaired) electrons. The van der Waals surface area contributed by atoms with Crippen molar-refractivity contribution in [3.8, 4) is 17.2 Å². The van der Waals surface area contributed by atoms with Crippen LogP contribution in [0.2, 0.25) is 0 Å². The zero-order valence-electron chi connectivity index (χ0n) is 14.4. The molecule has 0 aliphatic carbocycles. The van der Waals surface area contributed by atoms with Gasteiger partial charge in [0.1, 0.15) is 17.2 Å². The Balaban J connectivity index is 1.43. The minimum Gasteiger partial charge on any atom is -0.457 e. The van der Waals surface area contributed by atoms with Crippen molar-refractivity contribution in [3.05, 3.63) is 97.1 Å². The second kappa shape index (κ2) is 7.93. The number of rotatable bonds is 6. The maximum absolute atomic E-state index is 12.1. The number of hydrogen-bond donors (Lipinski definition) is 1. The zero-order valence-corrected chi connectivity index (χ0v) is 15.2. The molecule has 0 bridgehead atoms. The maximum Gasteiger partial charge on any atom is 0.316 e. The summed E-state index contributed by atoms with van der Waals surface area (Å²) in [5, 5.41) is 2.18. The Hall–Kier alpha value is -3.31. The van der Waals surface area contributed by atoms with E-state index in [1.165, 1.54) is 0 Å². The van der Waals surface area contributed by atoms with Crippen molar-refractivity contribution in [1.82, 2.24) is 0 Å². The lowest BCUT2D eigenvalue weighted by atomic mass is 10.1. The van der Waals surface area contributed by atoms with E-state index in [1.807, 2.05) is 60.7 Å². The van der Waals surface area contributed by atoms with Crippen LogP contribution in [-0.2, 0) is 11.3 Å². The minimum absolute atomic E-state index is 0.541. The van der Waals surface area contributed by atoms with E-state index in [0.29, 0.717) is 17.2 Å². The van der Waals surface area contributed by atoms with Crippen molar-refractivity contribution in [2.75, 3.05) is 4.72 Å². The molecule has 5 heteroatoms. The molecule has 0 saturated carbocycles. The highest BCUT2D eigenvalue weighted by Gasteiger charge is 2.05. The fraction of sp³-hybridized carbons (Fsp3) is 0. The molecule has 4 aromatic carbocycles. The topological polar surface area (TPSA) is 47.6 Å². The van der Waals surface area contributed by atoms with E-state index < -0.39 is 11.3 Å². The van der Waals surface area contributed by atoms with E-state index in [-0.39, 0.29) is 0 Å². The number of ether oxygens (including phenoxy) is 1. The highest BCUT2D eigenvalue weighted by Crippen LogP contribution is 2.30. The first-order chi connectivity index (χ1) is 13.3. The van der Waals surface area contributed by atoms with Crippen molar-refractivity contribution in [2.24, 2.45) is 0 Å². The van der Waals surface area contributed by atoms with E-state index >= 15 is 0 Å². The standard InChI is InChI=1S/C22H17NO3S/c24-27(26-20-9-2-1-3-10-20)23-18-13-15-19(16-14-18)25-22-12-6-8-17-7-4-5-11-21(17)22/h1-16,23H. The van der Waals surface area contributed by atoms with Gasteiger partial charge in [0.05, 0.1) is 0 Å². The highest BCUT2D eigenvalue weighted by molar-refractivity contribution is 7.81. The van der Waals surface area contributed by atoms with Crippen molar-refractivity contribution < 1.29 is 13.1 Å². The first-order valence-corrected chi connectivity index (χ1v) is 9.53. The van der Waals surface area contributed by atoms with E-state index in [9.17, 15) is 4.21 Å². The molecule has 0 heterocycles. The summed E-state index contributed by atoms with van der Waals surface area (Å²) in [4.78, 5) is 0. The summed E-state index contributed by atoms with van der Waals surface area (Å²) in [6, 6.07) is 30.3. The fourth-order valence-corrected chi connectivity index (χ4v) is 3.34. The van der Waals surface area contributed by atoms with Gasteiger partial charge in [0.2, 0.25) is 0 Å². The molecule has 0 fully saturated rings. The van der Waals surface area contributed by atoms with Gasteiger partial charge >= 0.3 is 11.3 Å². The second-order valence-electron chi connectivity index (χ2n) is 5.84. The predicted octanol–water partition coefficient (Wildman–Crippen LogP) is 5.70. The lowest BCUT2D eigenvalue weighted by molar-refractivity contribution is 0.488. The van der Waals surface area contributed by atoms with Gasteiger partial charge in [-0.2, -0.15) is 4.21 Å². The first-order valence-electron chi connectivity index (χ1n) is 8.45. The Morgan fingerprint density at radius 3 is 2.19 bits per heavy atom. The van der Waals surface area contributed by atoms with Gasteiger partial charge in [0, 0.05) is 11.1 Å². The molecule has 1 N–H and O–H groups in total. The van der Waals surface area contributed by atoms with Gasteiger partial charge in [0.25, 0.3) is 0 Å². The molecule has 134 valence electrons. The van der Waals surface area contributed by atoms with Gasteiger partial charge in [-0.25, -0.2) is 0 Å². The van der Waals surface area contributed by atoms with Crippen LogP contribution in [0.15, 0.2) is 97.1 Å². The monoisotopic (exact) mass is 375 g/mol. The average Bonchev–Trinajstić information content (AvgIpc) is 2.70. The van der Waals surface area contributed by atoms with Crippen molar-refractivity contribution >= 4 is 27.7 Å². The van der Waals surface area contributed by atoms with Crippen molar-refractivity contribution in [3.63, 3.8) is 0 Å². The molecule has 0 spiro atoms. The molecule has 0 amide bonds. The van der Waals surface area contributed by atoms with Gasteiger partial charge in [-0.15, -0.1) is 0 Å². The third-order valence-electron chi connectivity index (χ3n) is 3.95. The van der Waals surface area contributed by atoms with E-state index in [1.54, 1.807) is 24.3 Å². The summed E-state index contributed by atoms with van der Waals surface area (Å²) in [7, 11) is 0. The Labute approximate surface area is 160 Å². The second-order valence-corrected chi connectivity index (χ2v) is 6.68. The smallest absolute Gasteiger partial charge is 0.316 e. The number of para-hydroxylation sites is 1. The number of benzene rings is 4. The predicted molar refractivity (Wildman–Crippen MR) is 109 cm³/mol. The van der Waals surface area contributed by atoms with Crippen LogP contribution in [0, 0.1) is 0 Å². The molecular formula is C22H17NO3S. The van der Waals surface area contributed by atoms with Gasteiger partial charge in [-0.05, 0) is 47.9 Å². The number of fused-ring (bicyclic) bond motifs is 1. The summed E-state index contributed by atoms with van der Waals surface area (Å²) in [6.45, 7) is 0. The van der Waals surface area contributed by atoms with Crippen LogP contribution in [0.25, 0.3) is 10.8 Å². The molecule has 0 aromatic heterocycles. The normalized spacial score (nSPS) is 11.7. The third kappa shape index (κ3) is 4.27. The van der Waals surface area contributed by atoms with E-state index in [4.69, 9.17) is 8.92 Å². The Kier molecular flexibility index (Phi) is 5.03. The summed E-state index contributed by atoms with van der Waals surface area (Å²) in [5.74, 6) is 2.04. The molecule has 4 aromatic rings. The van der Waals surface area contributed by atoms with Crippen LogP contribution in [0.1, 0.15) is 0 Å². The quantitative estimate of drug-likeness (QED) is 0.470. The highest BCUT2D eigenvalue weighted by atomic mass is 32.2. The molecular weight excluding hydrogens is 358 g/mol. The number of hydrogen-bond acceptors (Lipinski definition) is 3. The number of anilines is 1. The van der Waals surface area contributed by atoms with Crippen LogP contribution in [0.5, 0.6) is 17.2 Å². The third-order valence-corrected chi connectivity index (χ3v) is 4.69. The molecule has 4 nitrogen and oxygen atoms in total.